The van der Waals surface area contributed by atoms with Gasteiger partial charge in [-0.2, -0.15) is 0 Å². The number of Topliss-reactive ketones (excluding diaryl/α,β-unsaturated/α-hetero) is 2. The summed E-state index contributed by atoms with van der Waals surface area (Å²) in [4.78, 5) is 24.7. The molecule has 3 aliphatic rings. The molecular weight excluding hydrogens is 266 g/mol. The highest BCUT2D eigenvalue weighted by atomic mass is 16.3. The van der Waals surface area contributed by atoms with Crippen molar-refractivity contribution >= 4 is 11.6 Å². The molecule has 110 valence electrons. The first kappa shape index (κ1) is 12.9. The monoisotopic (exact) mass is 285 g/mol. The lowest BCUT2D eigenvalue weighted by Gasteiger charge is -2.36. The highest BCUT2D eigenvalue weighted by Crippen LogP contribution is 2.50. The van der Waals surface area contributed by atoms with Gasteiger partial charge in [-0.15, -0.1) is 0 Å². The summed E-state index contributed by atoms with van der Waals surface area (Å²) in [6.45, 7) is 1.38. The average molecular weight is 285 g/mol. The van der Waals surface area contributed by atoms with Gasteiger partial charge in [0.15, 0.2) is 5.78 Å². The zero-order chi connectivity index (χ0) is 14.8. The normalized spacial score (nSPS) is 23.8. The molecule has 4 rings (SSSR count). The summed E-state index contributed by atoms with van der Waals surface area (Å²) >= 11 is 0. The van der Waals surface area contributed by atoms with Gasteiger partial charge in [-0.25, -0.2) is 0 Å². The molecule has 1 aromatic rings. The number of aliphatic hydroxyl groups excluding tert-OH is 1. The van der Waals surface area contributed by atoms with Gasteiger partial charge in [-0.05, 0) is 50.2 Å². The first-order valence-electron chi connectivity index (χ1n) is 7.77. The third-order valence-corrected chi connectivity index (χ3v) is 5.30. The van der Waals surface area contributed by atoms with E-state index >= 15 is 0 Å². The molecule has 2 heterocycles. The van der Waals surface area contributed by atoms with Gasteiger partial charge in [0.25, 0.3) is 0 Å². The van der Waals surface area contributed by atoms with Crippen LogP contribution in [0.25, 0.3) is 0 Å². The zero-order valence-corrected chi connectivity index (χ0v) is 12.2. The molecule has 0 unspecified atom stereocenters. The van der Waals surface area contributed by atoms with Crippen molar-refractivity contribution < 1.29 is 14.7 Å². The maximum atomic E-state index is 12.8. The standard InChI is InChI=1S/C17H19NO3/c1-10(19)13-15(20)14-12(11-4-5-11)6-9-18(14)17(16(13)21)7-2-3-8-17/h6,9,11,21H,2-5,7-8H2,1H3. The Bertz CT molecular complexity index is 685. The van der Waals surface area contributed by atoms with Crippen molar-refractivity contribution in [2.24, 2.45) is 0 Å². The Labute approximate surface area is 123 Å². The number of aliphatic hydroxyl groups is 1. The number of ketones is 2. The van der Waals surface area contributed by atoms with Crippen LogP contribution in [-0.4, -0.2) is 21.2 Å². The van der Waals surface area contributed by atoms with Crippen LogP contribution in [0.3, 0.4) is 0 Å². The maximum absolute atomic E-state index is 12.8. The largest absolute Gasteiger partial charge is 0.509 e. The van der Waals surface area contributed by atoms with E-state index in [1.807, 2.05) is 16.8 Å². The maximum Gasteiger partial charge on any atom is 0.216 e. The molecule has 2 fully saturated rings. The summed E-state index contributed by atoms with van der Waals surface area (Å²) in [5, 5.41) is 10.7. The minimum Gasteiger partial charge on any atom is -0.509 e. The fraction of sp³-hybridized carbons (Fsp3) is 0.529. The Morgan fingerprint density at radius 2 is 2.00 bits per heavy atom. The number of hydrogen-bond donors (Lipinski definition) is 1. The minimum absolute atomic E-state index is 0.00273. The van der Waals surface area contributed by atoms with Gasteiger partial charge in [0, 0.05) is 6.20 Å². The van der Waals surface area contributed by atoms with Gasteiger partial charge in [0.05, 0.1) is 5.69 Å². The molecule has 1 aromatic heterocycles. The third kappa shape index (κ3) is 1.56. The molecule has 0 saturated heterocycles. The number of carbonyl (C=O) groups is 2. The number of hydrogen-bond acceptors (Lipinski definition) is 3. The highest BCUT2D eigenvalue weighted by Gasteiger charge is 2.49. The molecule has 1 aliphatic heterocycles. The van der Waals surface area contributed by atoms with Crippen molar-refractivity contribution in [2.45, 2.75) is 56.9 Å². The van der Waals surface area contributed by atoms with Gasteiger partial charge in [0.1, 0.15) is 16.9 Å². The highest BCUT2D eigenvalue weighted by molar-refractivity contribution is 6.26. The van der Waals surface area contributed by atoms with Crippen molar-refractivity contribution in [3.63, 3.8) is 0 Å². The molecule has 21 heavy (non-hydrogen) atoms. The summed E-state index contributed by atoms with van der Waals surface area (Å²) in [6.07, 6.45) is 7.80. The first-order chi connectivity index (χ1) is 10.1. The van der Waals surface area contributed by atoms with Crippen LogP contribution in [0.5, 0.6) is 0 Å². The summed E-state index contributed by atoms with van der Waals surface area (Å²) in [7, 11) is 0. The van der Waals surface area contributed by atoms with E-state index in [0.717, 1.165) is 44.1 Å². The predicted octanol–water partition coefficient (Wildman–Crippen LogP) is 3.23. The smallest absolute Gasteiger partial charge is 0.216 e. The van der Waals surface area contributed by atoms with Crippen LogP contribution in [-0.2, 0) is 10.3 Å². The van der Waals surface area contributed by atoms with Crippen LogP contribution < -0.4 is 0 Å². The Kier molecular flexibility index (Phi) is 2.51. The Morgan fingerprint density at radius 3 is 2.57 bits per heavy atom. The van der Waals surface area contributed by atoms with Crippen LogP contribution in [0, 0.1) is 0 Å². The third-order valence-electron chi connectivity index (χ3n) is 5.30. The molecule has 0 amide bonds. The van der Waals surface area contributed by atoms with Crippen LogP contribution in [0.4, 0.5) is 0 Å². The summed E-state index contributed by atoms with van der Waals surface area (Å²) in [5.74, 6) is -0.151. The topological polar surface area (TPSA) is 59.3 Å². The van der Waals surface area contributed by atoms with Gasteiger partial charge in [-0.3, -0.25) is 9.59 Å². The van der Waals surface area contributed by atoms with E-state index in [9.17, 15) is 14.7 Å². The molecule has 2 saturated carbocycles. The van der Waals surface area contributed by atoms with E-state index in [4.69, 9.17) is 0 Å². The van der Waals surface area contributed by atoms with E-state index in [2.05, 4.69) is 0 Å². The number of aromatic nitrogens is 1. The fourth-order valence-electron chi connectivity index (χ4n) is 4.11. The van der Waals surface area contributed by atoms with E-state index in [-0.39, 0.29) is 22.9 Å². The molecule has 1 spiro atoms. The minimum atomic E-state index is -0.558. The molecule has 1 N–H and O–H groups in total. The molecule has 0 atom stereocenters. The second-order valence-electron chi connectivity index (χ2n) is 6.61. The zero-order valence-electron chi connectivity index (χ0n) is 12.2. The van der Waals surface area contributed by atoms with Crippen molar-refractivity contribution in [1.82, 2.24) is 4.57 Å². The van der Waals surface area contributed by atoms with E-state index < -0.39 is 5.54 Å². The number of fused-ring (bicyclic) bond motifs is 2. The van der Waals surface area contributed by atoms with Gasteiger partial charge >= 0.3 is 0 Å². The molecule has 4 heteroatoms. The van der Waals surface area contributed by atoms with Gasteiger partial charge < -0.3 is 9.67 Å². The van der Waals surface area contributed by atoms with Gasteiger partial charge in [-0.1, -0.05) is 12.8 Å². The van der Waals surface area contributed by atoms with Crippen LogP contribution in [0.2, 0.25) is 0 Å². The van der Waals surface area contributed by atoms with E-state index in [1.54, 1.807) is 0 Å². The Balaban J connectivity index is 1.99. The van der Waals surface area contributed by atoms with Crippen molar-refractivity contribution in [2.75, 3.05) is 0 Å². The lowest BCUT2D eigenvalue weighted by molar-refractivity contribution is -0.113. The Morgan fingerprint density at radius 1 is 1.33 bits per heavy atom. The van der Waals surface area contributed by atoms with Crippen molar-refractivity contribution in [3.8, 4) is 0 Å². The molecule has 2 aliphatic carbocycles. The molecule has 0 bridgehead atoms. The summed E-state index contributed by atoms with van der Waals surface area (Å²) < 4.78 is 1.97. The average Bonchev–Trinajstić information content (AvgIpc) is 3.01. The van der Waals surface area contributed by atoms with Crippen molar-refractivity contribution in [1.29, 1.82) is 0 Å². The van der Waals surface area contributed by atoms with Crippen molar-refractivity contribution in [3.05, 3.63) is 34.9 Å². The number of rotatable bonds is 2. The summed E-state index contributed by atoms with van der Waals surface area (Å²) in [6, 6.07) is 2.02. The first-order valence-corrected chi connectivity index (χ1v) is 7.77. The number of allylic oxidation sites excluding steroid dienone is 2. The van der Waals surface area contributed by atoms with E-state index in [1.165, 1.54) is 6.92 Å². The van der Waals surface area contributed by atoms with Crippen LogP contribution >= 0.6 is 0 Å². The van der Waals surface area contributed by atoms with Gasteiger partial charge in [0.2, 0.25) is 5.78 Å². The quantitative estimate of drug-likeness (QED) is 0.849. The fourth-order valence-corrected chi connectivity index (χ4v) is 4.11. The SMILES string of the molecule is CC(=O)C1=C(O)C2(CCCC2)n2ccc(C3CC3)c2C1=O. The predicted molar refractivity (Wildman–Crippen MR) is 77.5 cm³/mol. The second kappa shape index (κ2) is 4.09. The molecule has 0 radical (unpaired) electrons. The summed E-state index contributed by atoms with van der Waals surface area (Å²) in [5.41, 5.74) is 1.18. The van der Waals surface area contributed by atoms with E-state index in [0.29, 0.717) is 11.6 Å². The number of nitrogens with zero attached hydrogens (tertiary/aromatic N) is 1. The molecule has 0 aromatic carbocycles. The lowest BCUT2D eigenvalue weighted by Crippen LogP contribution is -2.41. The molecule has 4 nitrogen and oxygen atoms in total. The Hall–Kier alpha value is -1.84. The second-order valence-corrected chi connectivity index (χ2v) is 6.61. The van der Waals surface area contributed by atoms with Crippen LogP contribution in [0.15, 0.2) is 23.6 Å². The number of carbonyl (C=O) groups excluding carboxylic acids is 2. The molecular formula is C17H19NO3. The lowest BCUT2D eigenvalue weighted by atomic mass is 9.83. The van der Waals surface area contributed by atoms with Crippen LogP contribution in [0.1, 0.15) is 67.4 Å².